The van der Waals surface area contributed by atoms with Gasteiger partial charge in [0.1, 0.15) is 0 Å². The first kappa shape index (κ1) is 19.6. The van der Waals surface area contributed by atoms with Crippen LogP contribution in [0.1, 0.15) is 58.8 Å². The molecule has 0 bridgehead atoms. The smallest absolute Gasteiger partial charge is 0.191 e. The standard InChI is InChI=1S/C17H35N3OS/c1-4-7-14(10-11-21)13-19-17(18-5-2)20-15-8-6-9-16(12-15)22-3/h14-16,21H,4-13H2,1-3H3,(H2,18,19,20). The molecule has 1 rings (SSSR count). The normalized spacial score (nSPS) is 24.1. The summed E-state index contributed by atoms with van der Waals surface area (Å²) in [6, 6.07) is 0.548. The highest BCUT2D eigenvalue weighted by molar-refractivity contribution is 7.99. The predicted molar refractivity (Wildman–Crippen MR) is 98.8 cm³/mol. The number of nitrogens with one attached hydrogen (secondary N) is 2. The molecular formula is C17H35N3OS. The average molecular weight is 330 g/mol. The summed E-state index contributed by atoms with van der Waals surface area (Å²) in [5.41, 5.74) is 0. The second-order valence-electron chi connectivity index (χ2n) is 6.25. The van der Waals surface area contributed by atoms with Crippen molar-refractivity contribution in [1.29, 1.82) is 0 Å². The largest absolute Gasteiger partial charge is 0.396 e. The summed E-state index contributed by atoms with van der Waals surface area (Å²) in [5.74, 6) is 1.45. The maximum absolute atomic E-state index is 9.17. The summed E-state index contributed by atoms with van der Waals surface area (Å²) in [6.07, 6.45) is 10.5. The summed E-state index contributed by atoms with van der Waals surface area (Å²) in [6.45, 7) is 6.27. The van der Waals surface area contributed by atoms with Crippen LogP contribution in [0.3, 0.4) is 0 Å². The number of thioether (sulfide) groups is 1. The zero-order valence-electron chi connectivity index (χ0n) is 14.6. The van der Waals surface area contributed by atoms with E-state index in [4.69, 9.17) is 10.1 Å². The van der Waals surface area contributed by atoms with E-state index < -0.39 is 0 Å². The Kier molecular flexibility index (Phi) is 10.8. The number of hydrogen-bond donors (Lipinski definition) is 3. The molecule has 0 aromatic heterocycles. The molecule has 1 fully saturated rings. The zero-order chi connectivity index (χ0) is 16.2. The van der Waals surface area contributed by atoms with E-state index in [-0.39, 0.29) is 6.61 Å². The topological polar surface area (TPSA) is 56.7 Å². The minimum absolute atomic E-state index is 0.266. The highest BCUT2D eigenvalue weighted by Crippen LogP contribution is 2.26. The SMILES string of the molecule is CCCC(CCO)CN=C(NCC)NC1CCCC(SC)C1. The summed E-state index contributed by atoms with van der Waals surface area (Å²) in [4.78, 5) is 4.77. The Morgan fingerprint density at radius 3 is 2.77 bits per heavy atom. The molecule has 0 spiro atoms. The van der Waals surface area contributed by atoms with Gasteiger partial charge in [-0.15, -0.1) is 0 Å². The van der Waals surface area contributed by atoms with Gasteiger partial charge >= 0.3 is 0 Å². The summed E-state index contributed by atoms with van der Waals surface area (Å²) in [5, 5.41) is 17.0. The van der Waals surface area contributed by atoms with Gasteiger partial charge in [0.15, 0.2) is 5.96 Å². The molecule has 0 heterocycles. The molecule has 0 aromatic carbocycles. The quantitative estimate of drug-likeness (QED) is 0.449. The van der Waals surface area contributed by atoms with Crippen molar-refractivity contribution in [2.45, 2.75) is 70.1 Å². The lowest BCUT2D eigenvalue weighted by Crippen LogP contribution is -2.45. The fraction of sp³-hybridized carbons (Fsp3) is 0.941. The number of hydrogen-bond acceptors (Lipinski definition) is 3. The van der Waals surface area contributed by atoms with Crippen molar-refractivity contribution < 1.29 is 5.11 Å². The molecular weight excluding hydrogens is 294 g/mol. The molecule has 0 aromatic rings. The molecule has 0 radical (unpaired) electrons. The molecule has 1 saturated carbocycles. The maximum atomic E-state index is 9.17. The van der Waals surface area contributed by atoms with Gasteiger partial charge < -0.3 is 15.7 Å². The van der Waals surface area contributed by atoms with Crippen molar-refractivity contribution >= 4 is 17.7 Å². The number of aliphatic hydroxyl groups excluding tert-OH is 1. The third-order valence-electron chi connectivity index (χ3n) is 4.39. The van der Waals surface area contributed by atoms with Crippen molar-refractivity contribution in [2.24, 2.45) is 10.9 Å². The van der Waals surface area contributed by atoms with Crippen LogP contribution >= 0.6 is 11.8 Å². The lowest BCUT2D eigenvalue weighted by Gasteiger charge is -2.30. The van der Waals surface area contributed by atoms with Crippen LogP contribution in [0.15, 0.2) is 4.99 Å². The van der Waals surface area contributed by atoms with Crippen LogP contribution in [-0.2, 0) is 0 Å². The molecule has 1 aliphatic rings. The van der Waals surface area contributed by atoms with E-state index >= 15 is 0 Å². The molecule has 130 valence electrons. The maximum Gasteiger partial charge on any atom is 0.191 e. The minimum atomic E-state index is 0.266. The molecule has 3 atom stereocenters. The molecule has 1 aliphatic carbocycles. The number of rotatable bonds is 9. The van der Waals surface area contributed by atoms with Crippen molar-refractivity contribution in [1.82, 2.24) is 10.6 Å². The average Bonchev–Trinajstić information content (AvgIpc) is 2.53. The van der Waals surface area contributed by atoms with Gasteiger partial charge in [0.05, 0.1) is 0 Å². The van der Waals surface area contributed by atoms with Gasteiger partial charge in [-0.25, -0.2) is 0 Å². The number of nitrogens with zero attached hydrogens (tertiary/aromatic N) is 1. The second-order valence-corrected chi connectivity index (χ2v) is 7.39. The Hall–Kier alpha value is -0.420. The summed E-state index contributed by atoms with van der Waals surface area (Å²) < 4.78 is 0. The lowest BCUT2D eigenvalue weighted by atomic mass is 9.95. The van der Waals surface area contributed by atoms with Gasteiger partial charge in [-0.3, -0.25) is 4.99 Å². The molecule has 4 nitrogen and oxygen atoms in total. The third-order valence-corrected chi connectivity index (χ3v) is 5.48. The number of aliphatic imine (C=N–C) groups is 1. The van der Waals surface area contributed by atoms with E-state index in [0.717, 1.165) is 43.6 Å². The van der Waals surface area contributed by atoms with Crippen molar-refractivity contribution in [3.8, 4) is 0 Å². The Labute approximate surface area is 140 Å². The molecule has 3 unspecified atom stereocenters. The Bertz CT molecular complexity index is 306. The monoisotopic (exact) mass is 329 g/mol. The van der Waals surface area contributed by atoms with E-state index in [9.17, 15) is 0 Å². The molecule has 0 amide bonds. The van der Waals surface area contributed by atoms with Crippen LogP contribution in [0.5, 0.6) is 0 Å². The molecule has 0 saturated heterocycles. The van der Waals surface area contributed by atoms with Crippen LogP contribution in [0.2, 0.25) is 0 Å². The Morgan fingerprint density at radius 2 is 2.14 bits per heavy atom. The van der Waals surface area contributed by atoms with Gasteiger partial charge in [-0.05, 0) is 51.2 Å². The second kappa shape index (κ2) is 12.1. The summed E-state index contributed by atoms with van der Waals surface area (Å²) in [7, 11) is 0. The number of aliphatic hydroxyl groups is 1. The predicted octanol–water partition coefficient (Wildman–Crippen LogP) is 3.01. The van der Waals surface area contributed by atoms with Crippen LogP contribution < -0.4 is 10.6 Å². The van der Waals surface area contributed by atoms with Crippen LogP contribution in [0.4, 0.5) is 0 Å². The third kappa shape index (κ3) is 7.73. The first-order valence-corrected chi connectivity index (χ1v) is 10.2. The highest BCUT2D eigenvalue weighted by atomic mass is 32.2. The number of guanidine groups is 1. The van der Waals surface area contributed by atoms with Gasteiger partial charge in [-0.1, -0.05) is 19.8 Å². The molecule has 0 aliphatic heterocycles. The van der Waals surface area contributed by atoms with Crippen molar-refractivity contribution in [2.75, 3.05) is 26.0 Å². The zero-order valence-corrected chi connectivity index (χ0v) is 15.4. The van der Waals surface area contributed by atoms with Gasteiger partial charge in [0.25, 0.3) is 0 Å². The minimum Gasteiger partial charge on any atom is -0.396 e. The summed E-state index contributed by atoms with van der Waals surface area (Å²) >= 11 is 1.99. The van der Waals surface area contributed by atoms with E-state index in [2.05, 4.69) is 30.7 Å². The van der Waals surface area contributed by atoms with E-state index in [1.54, 1.807) is 0 Å². The van der Waals surface area contributed by atoms with E-state index in [1.165, 1.54) is 25.7 Å². The van der Waals surface area contributed by atoms with Crippen LogP contribution in [0.25, 0.3) is 0 Å². The van der Waals surface area contributed by atoms with Gasteiger partial charge in [0.2, 0.25) is 0 Å². The Balaban J connectivity index is 2.53. The van der Waals surface area contributed by atoms with Crippen LogP contribution in [0, 0.1) is 5.92 Å². The lowest BCUT2D eigenvalue weighted by molar-refractivity contribution is 0.253. The fourth-order valence-corrected chi connectivity index (χ4v) is 3.97. The fourth-order valence-electron chi connectivity index (χ4n) is 3.14. The van der Waals surface area contributed by atoms with E-state index in [0.29, 0.717) is 12.0 Å². The first-order chi connectivity index (χ1) is 10.7. The van der Waals surface area contributed by atoms with Crippen molar-refractivity contribution in [3.63, 3.8) is 0 Å². The van der Waals surface area contributed by atoms with E-state index in [1.807, 2.05) is 11.8 Å². The van der Waals surface area contributed by atoms with Gasteiger partial charge in [0, 0.05) is 31.0 Å². The Morgan fingerprint density at radius 1 is 1.32 bits per heavy atom. The van der Waals surface area contributed by atoms with Gasteiger partial charge in [-0.2, -0.15) is 11.8 Å². The van der Waals surface area contributed by atoms with Crippen LogP contribution in [-0.4, -0.2) is 48.3 Å². The molecule has 5 heteroatoms. The van der Waals surface area contributed by atoms with Crippen molar-refractivity contribution in [3.05, 3.63) is 0 Å². The first-order valence-electron chi connectivity index (χ1n) is 8.91. The molecule has 22 heavy (non-hydrogen) atoms. The highest BCUT2D eigenvalue weighted by Gasteiger charge is 2.22. The molecule has 3 N–H and O–H groups in total.